The number of benzene rings is 1. The lowest BCUT2D eigenvalue weighted by atomic mass is 10.1. The van der Waals surface area contributed by atoms with Gasteiger partial charge in [-0.25, -0.2) is 4.39 Å². The van der Waals surface area contributed by atoms with Crippen LogP contribution in [0.4, 0.5) is 4.39 Å². The van der Waals surface area contributed by atoms with Crippen LogP contribution in [0.1, 0.15) is 11.1 Å². The van der Waals surface area contributed by atoms with Crippen LogP contribution in [0, 0.1) is 17.1 Å². The van der Waals surface area contributed by atoms with E-state index in [2.05, 4.69) is 0 Å². The van der Waals surface area contributed by atoms with Gasteiger partial charge in [-0.1, -0.05) is 6.07 Å². The molecule has 1 rings (SSSR count). The molecule has 0 heterocycles. The SMILES string of the molecule is CN(C)C(=O)CS(=O)Cc1ccc(C#N)cc1F. The summed E-state index contributed by atoms with van der Waals surface area (Å²) >= 11 is 0. The van der Waals surface area contributed by atoms with Gasteiger partial charge in [-0.2, -0.15) is 5.26 Å². The summed E-state index contributed by atoms with van der Waals surface area (Å²) in [7, 11) is 1.69. The number of halogens is 1. The molecule has 18 heavy (non-hydrogen) atoms. The van der Waals surface area contributed by atoms with E-state index in [1.165, 1.54) is 17.0 Å². The molecule has 0 saturated carbocycles. The standard InChI is InChI=1S/C12H13FN2O2S/c1-15(2)12(16)8-18(17)7-10-4-3-9(6-14)5-11(10)13/h3-5H,7-8H2,1-2H3. The third-order valence-corrected chi connectivity index (χ3v) is 3.48. The van der Waals surface area contributed by atoms with Crippen LogP contribution in [0.5, 0.6) is 0 Å². The number of amides is 1. The number of carbonyl (C=O) groups excluding carboxylic acids is 1. The van der Waals surface area contributed by atoms with Gasteiger partial charge in [0.2, 0.25) is 5.91 Å². The summed E-state index contributed by atoms with van der Waals surface area (Å²) in [5, 5.41) is 8.59. The normalized spacial score (nSPS) is 11.7. The fraction of sp³-hybridized carbons (Fsp3) is 0.333. The van der Waals surface area contributed by atoms with E-state index >= 15 is 0 Å². The second-order valence-electron chi connectivity index (χ2n) is 3.93. The minimum atomic E-state index is -1.45. The van der Waals surface area contributed by atoms with Gasteiger partial charge in [-0.05, 0) is 12.1 Å². The van der Waals surface area contributed by atoms with Gasteiger partial charge in [-0.3, -0.25) is 9.00 Å². The van der Waals surface area contributed by atoms with Crippen LogP contribution in [0.15, 0.2) is 18.2 Å². The number of hydrogen-bond acceptors (Lipinski definition) is 3. The van der Waals surface area contributed by atoms with E-state index in [-0.39, 0.29) is 28.5 Å². The molecule has 4 nitrogen and oxygen atoms in total. The topological polar surface area (TPSA) is 61.2 Å². The van der Waals surface area contributed by atoms with Gasteiger partial charge >= 0.3 is 0 Å². The van der Waals surface area contributed by atoms with Crippen molar-refractivity contribution in [3.63, 3.8) is 0 Å². The number of nitriles is 1. The summed E-state index contributed by atoms with van der Waals surface area (Å²) in [6.07, 6.45) is 0. The summed E-state index contributed by atoms with van der Waals surface area (Å²) < 4.78 is 25.2. The molecule has 0 aliphatic rings. The van der Waals surface area contributed by atoms with Crippen molar-refractivity contribution >= 4 is 16.7 Å². The Bertz CT molecular complexity index is 523. The van der Waals surface area contributed by atoms with Crippen LogP contribution in [0.3, 0.4) is 0 Å². The zero-order valence-electron chi connectivity index (χ0n) is 10.1. The molecule has 0 N–H and O–H groups in total. The summed E-state index contributed by atoms with van der Waals surface area (Å²) in [6, 6.07) is 5.80. The van der Waals surface area contributed by atoms with Gasteiger partial charge < -0.3 is 4.90 Å². The molecule has 1 unspecified atom stereocenters. The minimum absolute atomic E-state index is 0.0306. The second kappa shape index (κ2) is 6.26. The quantitative estimate of drug-likeness (QED) is 0.819. The molecule has 0 radical (unpaired) electrons. The van der Waals surface area contributed by atoms with Crippen LogP contribution in [-0.4, -0.2) is 34.9 Å². The largest absolute Gasteiger partial charge is 0.348 e. The van der Waals surface area contributed by atoms with E-state index in [0.29, 0.717) is 0 Å². The van der Waals surface area contributed by atoms with Gasteiger partial charge in [0.05, 0.1) is 17.4 Å². The number of rotatable bonds is 4. The first-order valence-corrected chi connectivity index (χ1v) is 6.66. The first-order valence-electron chi connectivity index (χ1n) is 5.17. The molecule has 0 aliphatic heterocycles. The zero-order valence-corrected chi connectivity index (χ0v) is 11.0. The molecular formula is C12H13FN2O2S. The molecule has 96 valence electrons. The molecule has 0 aliphatic carbocycles. The second-order valence-corrected chi connectivity index (χ2v) is 5.39. The highest BCUT2D eigenvalue weighted by atomic mass is 32.2. The van der Waals surface area contributed by atoms with Gasteiger partial charge in [0, 0.05) is 30.5 Å². The highest BCUT2D eigenvalue weighted by molar-refractivity contribution is 7.84. The Labute approximate surface area is 107 Å². The maximum atomic E-state index is 13.5. The summed E-state index contributed by atoms with van der Waals surface area (Å²) in [4.78, 5) is 12.7. The van der Waals surface area contributed by atoms with E-state index < -0.39 is 16.6 Å². The Hall–Kier alpha value is -1.74. The molecule has 1 amide bonds. The van der Waals surface area contributed by atoms with Crippen molar-refractivity contribution in [2.75, 3.05) is 19.8 Å². The van der Waals surface area contributed by atoms with Crippen LogP contribution >= 0.6 is 0 Å². The summed E-state index contributed by atoms with van der Waals surface area (Å²) in [5.41, 5.74) is 0.463. The Morgan fingerprint density at radius 1 is 1.50 bits per heavy atom. The van der Waals surface area contributed by atoms with Crippen LogP contribution in [0.25, 0.3) is 0 Å². The lowest BCUT2D eigenvalue weighted by Gasteiger charge is -2.10. The van der Waals surface area contributed by atoms with Gasteiger partial charge in [-0.15, -0.1) is 0 Å². The lowest BCUT2D eigenvalue weighted by molar-refractivity contribution is -0.125. The Balaban J connectivity index is 2.71. The van der Waals surface area contributed by atoms with Crippen molar-refractivity contribution in [2.24, 2.45) is 0 Å². The highest BCUT2D eigenvalue weighted by Crippen LogP contribution is 2.12. The molecule has 0 bridgehead atoms. The average Bonchev–Trinajstić information content (AvgIpc) is 2.31. The smallest absolute Gasteiger partial charge is 0.234 e. The molecule has 1 aromatic carbocycles. The molecular weight excluding hydrogens is 255 g/mol. The van der Waals surface area contributed by atoms with E-state index in [1.807, 2.05) is 6.07 Å². The van der Waals surface area contributed by atoms with Gasteiger partial charge in [0.15, 0.2) is 0 Å². The first kappa shape index (κ1) is 14.3. The third-order valence-electron chi connectivity index (χ3n) is 2.28. The molecule has 0 fully saturated rings. The molecule has 0 saturated heterocycles. The van der Waals surface area contributed by atoms with Gasteiger partial charge in [0.1, 0.15) is 11.6 Å². The maximum Gasteiger partial charge on any atom is 0.234 e. The number of nitrogens with zero attached hydrogens (tertiary/aromatic N) is 2. The Kier molecular flexibility index (Phi) is 4.98. The van der Waals surface area contributed by atoms with Crippen molar-refractivity contribution in [3.8, 4) is 6.07 Å². The van der Waals surface area contributed by atoms with Crippen molar-refractivity contribution < 1.29 is 13.4 Å². The fourth-order valence-corrected chi connectivity index (χ4v) is 2.44. The predicted molar refractivity (Wildman–Crippen MR) is 66.5 cm³/mol. The van der Waals surface area contributed by atoms with Gasteiger partial charge in [0.25, 0.3) is 0 Å². The van der Waals surface area contributed by atoms with Crippen molar-refractivity contribution in [1.29, 1.82) is 5.26 Å². The number of carbonyl (C=O) groups is 1. The third kappa shape index (κ3) is 3.93. The molecule has 0 spiro atoms. The lowest BCUT2D eigenvalue weighted by Crippen LogP contribution is -2.27. The van der Waals surface area contributed by atoms with Crippen LogP contribution in [-0.2, 0) is 21.3 Å². The van der Waals surface area contributed by atoms with Crippen molar-refractivity contribution in [3.05, 3.63) is 35.1 Å². The van der Waals surface area contributed by atoms with E-state index in [9.17, 15) is 13.4 Å². The van der Waals surface area contributed by atoms with E-state index in [4.69, 9.17) is 5.26 Å². The monoisotopic (exact) mass is 268 g/mol. The molecule has 1 aromatic rings. The molecule has 1 atom stereocenters. The fourth-order valence-electron chi connectivity index (χ4n) is 1.23. The molecule has 6 heteroatoms. The van der Waals surface area contributed by atoms with E-state index in [1.54, 1.807) is 14.1 Å². The summed E-state index contributed by atoms with van der Waals surface area (Å²) in [5.74, 6) is -0.995. The van der Waals surface area contributed by atoms with Crippen molar-refractivity contribution in [2.45, 2.75) is 5.75 Å². The average molecular weight is 268 g/mol. The first-order chi connectivity index (χ1) is 8.43. The predicted octanol–water partition coefficient (Wildman–Crippen LogP) is 1.03. The van der Waals surface area contributed by atoms with Crippen LogP contribution in [0.2, 0.25) is 0 Å². The van der Waals surface area contributed by atoms with E-state index in [0.717, 1.165) is 6.07 Å². The number of hydrogen-bond donors (Lipinski definition) is 0. The van der Waals surface area contributed by atoms with Crippen LogP contribution < -0.4 is 0 Å². The minimum Gasteiger partial charge on any atom is -0.348 e. The highest BCUT2D eigenvalue weighted by Gasteiger charge is 2.12. The van der Waals surface area contributed by atoms with Crippen molar-refractivity contribution in [1.82, 2.24) is 4.90 Å². The maximum absolute atomic E-state index is 13.5. The Morgan fingerprint density at radius 2 is 2.17 bits per heavy atom. The summed E-state index contributed by atoms with van der Waals surface area (Å²) in [6.45, 7) is 0. The zero-order chi connectivity index (χ0) is 13.7. The Morgan fingerprint density at radius 3 is 2.67 bits per heavy atom. The molecule has 0 aromatic heterocycles.